The lowest BCUT2D eigenvalue weighted by atomic mass is 10.2. The Hall–Kier alpha value is -0.640. The Morgan fingerprint density at radius 2 is 1.47 bits per heavy atom. The average molecular weight is 246 g/mol. The summed E-state index contributed by atoms with van der Waals surface area (Å²) in [4.78, 5) is 0. The Kier molecular flexibility index (Phi) is 2.20. The molecule has 3 rings (SSSR count). The Labute approximate surface area is 97.3 Å². The summed E-state index contributed by atoms with van der Waals surface area (Å²) in [7, 11) is 0. The summed E-state index contributed by atoms with van der Waals surface area (Å²) in [6, 6.07) is 3.43. The van der Waals surface area contributed by atoms with Gasteiger partial charge >= 0.3 is 0 Å². The quantitative estimate of drug-likeness (QED) is 0.760. The standard InChI is InChI=1S/C10H9Cl2NO2/c11-5-1-2-6(12)10-9(5)14-7-3-13-4-8(7)15-10/h1-2,7-8,13H,3-4H2. The van der Waals surface area contributed by atoms with Gasteiger partial charge in [0, 0.05) is 13.1 Å². The predicted octanol–water partition coefficient (Wildman–Crippen LogP) is 2.10. The second-order valence-corrected chi connectivity index (χ2v) is 4.47. The summed E-state index contributed by atoms with van der Waals surface area (Å²) < 4.78 is 11.5. The number of nitrogens with one attached hydrogen (secondary N) is 1. The van der Waals surface area contributed by atoms with E-state index in [1.807, 2.05) is 0 Å². The van der Waals surface area contributed by atoms with Crippen LogP contribution in [0.15, 0.2) is 12.1 Å². The summed E-state index contributed by atoms with van der Waals surface area (Å²) in [5, 5.41) is 4.28. The molecule has 2 aliphatic heterocycles. The van der Waals surface area contributed by atoms with E-state index >= 15 is 0 Å². The van der Waals surface area contributed by atoms with Gasteiger partial charge in [0.15, 0.2) is 11.5 Å². The van der Waals surface area contributed by atoms with E-state index in [4.69, 9.17) is 32.7 Å². The van der Waals surface area contributed by atoms with Crippen LogP contribution in [0.1, 0.15) is 0 Å². The highest BCUT2D eigenvalue weighted by Crippen LogP contribution is 2.45. The molecule has 2 unspecified atom stereocenters. The van der Waals surface area contributed by atoms with Crippen LogP contribution >= 0.6 is 23.2 Å². The van der Waals surface area contributed by atoms with Gasteiger partial charge in [-0.15, -0.1) is 0 Å². The van der Waals surface area contributed by atoms with E-state index in [9.17, 15) is 0 Å². The molecule has 0 radical (unpaired) electrons. The van der Waals surface area contributed by atoms with Gasteiger partial charge in [-0.05, 0) is 12.1 Å². The molecule has 1 fully saturated rings. The topological polar surface area (TPSA) is 30.5 Å². The molecule has 0 aliphatic carbocycles. The van der Waals surface area contributed by atoms with Crippen molar-refractivity contribution >= 4 is 23.2 Å². The second-order valence-electron chi connectivity index (χ2n) is 3.66. The molecule has 1 saturated heterocycles. The third-order valence-corrected chi connectivity index (χ3v) is 3.26. The zero-order chi connectivity index (χ0) is 10.4. The first kappa shape index (κ1) is 9.58. The van der Waals surface area contributed by atoms with Crippen molar-refractivity contribution < 1.29 is 9.47 Å². The maximum absolute atomic E-state index is 6.02. The molecule has 15 heavy (non-hydrogen) atoms. The fourth-order valence-electron chi connectivity index (χ4n) is 1.90. The molecule has 0 bridgehead atoms. The van der Waals surface area contributed by atoms with Gasteiger partial charge in [0.05, 0.1) is 10.0 Å². The van der Waals surface area contributed by atoms with E-state index in [1.54, 1.807) is 12.1 Å². The largest absolute Gasteiger partial charge is 0.480 e. The Morgan fingerprint density at radius 3 is 1.93 bits per heavy atom. The van der Waals surface area contributed by atoms with Crippen molar-refractivity contribution in [3.8, 4) is 11.5 Å². The molecule has 0 spiro atoms. The highest BCUT2D eigenvalue weighted by molar-refractivity contribution is 6.35. The van der Waals surface area contributed by atoms with Crippen LogP contribution in [0.3, 0.4) is 0 Å². The third-order valence-electron chi connectivity index (χ3n) is 2.66. The van der Waals surface area contributed by atoms with Crippen molar-refractivity contribution in [2.75, 3.05) is 13.1 Å². The fourth-order valence-corrected chi connectivity index (χ4v) is 2.29. The van der Waals surface area contributed by atoms with Gasteiger partial charge in [0.25, 0.3) is 0 Å². The van der Waals surface area contributed by atoms with Crippen LogP contribution < -0.4 is 14.8 Å². The number of ether oxygens (including phenoxy) is 2. The molecule has 3 nitrogen and oxygen atoms in total. The molecule has 5 heteroatoms. The van der Waals surface area contributed by atoms with E-state index in [0.717, 1.165) is 13.1 Å². The first-order valence-corrected chi connectivity index (χ1v) is 5.53. The van der Waals surface area contributed by atoms with Crippen molar-refractivity contribution in [1.82, 2.24) is 5.32 Å². The van der Waals surface area contributed by atoms with Gasteiger partial charge in [-0.25, -0.2) is 0 Å². The summed E-state index contributed by atoms with van der Waals surface area (Å²) in [6.07, 6.45) is 0.0712. The molecule has 0 aromatic heterocycles. The fraction of sp³-hybridized carbons (Fsp3) is 0.400. The second kappa shape index (κ2) is 3.44. The Bertz CT molecular complexity index is 374. The number of benzene rings is 1. The summed E-state index contributed by atoms with van der Waals surface area (Å²) in [6.45, 7) is 1.57. The van der Waals surface area contributed by atoms with Crippen LogP contribution in [0.4, 0.5) is 0 Å². The molecule has 2 atom stereocenters. The van der Waals surface area contributed by atoms with Crippen molar-refractivity contribution in [3.05, 3.63) is 22.2 Å². The number of hydrogen-bond acceptors (Lipinski definition) is 3. The van der Waals surface area contributed by atoms with Gasteiger partial charge in [0.1, 0.15) is 12.2 Å². The van der Waals surface area contributed by atoms with E-state index in [2.05, 4.69) is 5.32 Å². The lowest BCUT2D eigenvalue weighted by molar-refractivity contribution is 0.0555. The number of hydrogen-bond donors (Lipinski definition) is 1. The van der Waals surface area contributed by atoms with Gasteiger partial charge in [-0.2, -0.15) is 0 Å². The van der Waals surface area contributed by atoms with E-state index < -0.39 is 0 Å². The van der Waals surface area contributed by atoms with Crippen molar-refractivity contribution in [3.63, 3.8) is 0 Å². The van der Waals surface area contributed by atoms with Crippen LogP contribution in [-0.4, -0.2) is 25.3 Å². The molecule has 1 N–H and O–H groups in total. The maximum atomic E-state index is 6.02. The molecule has 1 aromatic rings. The Balaban J connectivity index is 2.06. The van der Waals surface area contributed by atoms with Crippen molar-refractivity contribution in [2.24, 2.45) is 0 Å². The van der Waals surface area contributed by atoms with Crippen LogP contribution in [-0.2, 0) is 0 Å². The Morgan fingerprint density at radius 1 is 1.00 bits per heavy atom. The van der Waals surface area contributed by atoms with Crippen LogP contribution in [0.2, 0.25) is 10.0 Å². The molecule has 2 heterocycles. The SMILES string of the molecule is Clc1ccc(Cl)c2c1OC1CNCC1O2. The van der Waals surface area contributed by atoms with Gasteiger partial charge < -0.3 is 14.8 Å². The van der Waals surface area contributed by atoms with Crippen LogP contribution in [0, 0.1) is 0 Å². The molecule has 0 saturated carbocycles. The molecule has 2 aliphatic rings. The average Bonchev–Trinajstić information content (AvgIpc) is 2.69. The maximum Gasteiger partial charge on any atom is 0.182 e. The van der Waals surface area contributed by atoms with Crippen LogP contribution in [0.5, 0.6) is 11.5 Å². The minimum Gasteiger partial charge on any atom is -0.480 e. The molecular weight excluding hydrogens is 237 g/mol. The van der Waals surface area contributed by atoms with E-state index in [1.165, 1.54) is 0 Å². The molecule has 80 valence electrons. The summed E-state index contributed by atoms with van der Waals surface area (Å²) in [5.41, 5.74) is 0. The minimum absolute atomic E-state index is 0.0356. The normalized spacial score (nSPS) is 27.6. The smallest absolute Gasteiger partial charge is 0.182 e. The zero-order valence-corrected chi connectivity index (χ0v) is 9.31. The van der Waals surface area contributed by atoms with Crippen LogP contribution in [0.25, 0.3) is 0 Å². The molecule has 1 aromatic carbocycles. The zero-order valence-electron chi connectivity index (χ0n) is 7.80. The van der Waals surface area contributed by atoms with E-state index in [0.29, 0.717) is 21.5 Å². The highest BCUT2D eigenvalue weighted by atomic mass is 35.5. The molecular formula is C10H9Cl2NO2. The summed E-state index contributed by atoms with van der Waals surface area (Å²) in [5.74, 6) is 1.13. The first-order valence-electron chi connectivity index (χ1n) is 4.78. The number of fused-ring (bicyclic) bond motifs is 2. The lowest BCUT2D eigenvalue weighted by Gasteiger charge is -2.29. The number of rotatable bonds is 0. The van der Waals surface area contributed by atoms with Crippen molar-refractivity contribution in [2.45, 2.75) is 12.2 Å². The third kappa shape index (κ3) is 1.46. The minimum atomic E-state index is 0.0356. The van der Waals surface area contributed by atoms with E-state index in [-0.39, 0.29) is 12.2 Å². The molecule has 0 amide bonds. The monoisotopic (exact) mass is 245 g/mol. The highest BCUT2D eigenvalue weighted by Gasteiger charge is 2.37. The van der Waals surface area contributed by atoms with Crippen molar-refractivity contribution in [1.29, 1.82) is 0 Å². The summed E-state index contributed by atoms with van der Waals surface area (Å²) >= 11 is 12.0. The predicted molar refractivity (Wildman–Crippen MR) is 58.2 cm³/mol. The first-order chi connectivity index (χ1) is 7.25. The van der Waals surface area contributed by atoms with Gasteiger partial charge in [0.2, 0.25) is 0 Å². The number of halogens is 2. The van der Waals surface area contributed by atoms with Gasteiger partial charge in [-0.1, -0.05) is 23.2 Å². The lowest BCUT2D eigenvalue weighted by Crippen LogP contribution is -2.38. The van der Waals surface area contributed by atoms with Gasteiger partial charge in [-0.3, -0.25) is 0 Å².